The molecule has 4 nitrogen and oxygen atoms in total. The highest BCUT2D eigenvalue weighted by atomic mass is 35.5. The molecular formula is C8H7ClF2N2O2. The van der Waals surface area contributed by atoms with E-state index in [1.807, 2.05) is 5.32 Å². The van der Waals surface area contributed by atoms with E-state index in [1.165, 1.54) is 7.05 Å². The van der Waals surface area contributed by atoms with Crippen molar-refractivity contribution in [3.63, 3.8) is 0 Å². The van der Waals surface area contributed by atoms with Gasteiger partial charge in [0.15, 0.2) is 11.6 Å². The molecule has 0 bridgehead atoms. The molecule has 1 rings (SSSR count). The van der Waals surface area contributed by atoms with E-state index in [0.29, 0.717) is 6.07 Å². The molecule has 1 aromatic rings. The number of carbonyl (C=O) groups is 1. The Morgan fingerprint density at radius 3 is 2.53 bits per heavy atom. The van der Waals surface area contributed by atoms with Crippen molar-refractivity contribution in [2.45, 2.75) is 0 Å². The number of rotatable bonds is 2. The van der Waals surface area contributed by atoms with Crippen LogP contribution in [0.5, 0.6) is 0 Å². The first-order chi connectivity index (χ1) is 6.97. The van der Waals surface area contributed by atoms with Crippen molar-refractivity contribution >= 4 is 29.1 Å². The van der Waals surface area contributed by atoms with Gasteiger partial charge < -0.3 is 10.4 Å². The monoisotopic (exact) mass is 236 g/mol. The number of amides is 1. The average molecular weight is 237 g/mol. The van der Waals surface area contributed by atoms with E-state index >= 15 is 0 Å². The first kappa shape index (κ1) is 11.5. The van der Waals surface area contributed by atoms with E-state index in [9.17, 15) is 13.6 Å². The minimum atomic E-state index is -1.42. The summed E-state index contributed by atoms with van der Waals surface area (Å²) < 4.78 is 26.0. The van der Waals surface area contributed by atoms with Crippen LogP contribution in [-0.2, 0) is 0 Å². The molecule has 0 atom stereocenters. The second-order valence-electron chi connectivity index (χ2n) is 2.58. The lowest BCUT2D eigenvalue weighted by Gasteiger charge is -2.11. The summed E-state index contributed by atoms with van der Waals surface area (Å²) in [6, 6.07) is 0.697. The third-order valence-electron chi connectivity index (χ3n) is 1.65. The van der Waals surface area contributed by atoms with Gasteiger partial charge in [-0.1, -0.05) is 11.6 Å². The zero-order chi connectivity index (χ0) is 11.6. The molecule has 15 heavy (non-hydrogen) atoms. The van der Waals surface area contributed by atoms with Gasteiger partial charge >= 0.3 is 6.09 Å². The van der Waals surface area contributed by atoms with E-state index in [0.717, 1.165) is 0 Å². The maximum Gasteiger partial charge on any atom is 0.409 e. The third kappa shape index (κ3) is 2.27. The molecule has 0 fully saturated rings. The van der Waals surface area contributed by atoms with Gasteiger partial charge in [0.1, 0.15) is 0 Å². The van der Waals surface area contributed by atoms with Crippen molar-refractivity contribution in [3.8, 4) is 0 Å². The van der Waals surface area contributed by atoms with Crippen LogP contribution in [0.3, 0.4) is 0 Å². The molecule has 1 aromatic carbocycles. The molecule has 0 radical (unpaired) electrons. The summed E-state index contributed by atoms with van der Waals surface area (Å²) >= 11 is 5.56. The van der Waals surface area contributed by atoms with Crippen LogP contribution in [0, 0.1) is 11.6 Å². The minimum Gasteiger partial charge on any atom is -0.465 e. The Balaban J connectivity index is 3.35. The Morgan fingerprint density at radius 1 is 1.47 bits per heavy atom. The minimum absolute atomic E-state index is 0.217. The van der Waals surface area contributed by atoms with Crippen LogP contribution in [0.15, 0.2) is 6.07 Å². The highest BCUT2D eigenvalue weighted by molar-refractivity contribution is 6.34. The Kier molecular flexibility index (Phi) is 3.31. The van der Waals surface area contributed by atoms with Crippen molar-refractivity contribution in [2.24, 2.45) is 0 Å². The number of hydrogen-bond donors (Lipinski definition) is 3. The summed E-state index contributed by atoms with van der Waals surface area (Å²) in [6.07, 6.45) is -1.42. The van der Waals surface area contributed by atoms with Crippen molar-refractivity contribution in [1.82, 2.24) is 0 Å². The predicted octanol–water partition coefficient (Wildman–Crippen LogP) is 2.75. The maximum absolute atomic E-state index is 13.2. The predicted molar refractivity (Wildman–Crippen MR) is 52.6 cm³/mol. The molecule has 0 saturated carbocycles. The highest BCUT2D eigenvalue weighted by Crippen LogP contribution is 2.34. The van der Waals surface area contributed by atoms with Gasteiger partial charge in [0.25, 0.3) is 0 Å². The van der Waals surface area contributed by atoms with E-state index in [4.69, 9.17) is 16.7 Å². The molecule has 0 spiro atoms. The average Bonchev–Trinajstić information content (AvgIpc) is 2.14. The van der Waals surface area contributed by atoms with Gasteiger partial charge in [-0.2, -0.15) is 0 Å². The van der Waals surface area contributed by atoms with Gasteiger partial charge in [-0.3, -0.25) is 5.32 Å². The van der Waals surface area contributed by atoms with Crippen LogP contribution in [-0.4, -0.2) is 18.2 Å². The lowest BCUT2D eigenvalue weighted by molar-refractivity contribution is 0.210. The summed E-state index contributed by atoms with van der Waals surface area (Å²) in [5.74, 6) is -2.34. The zero-order valence-electron chi connectivity index (χ0n) is 7.57. The lowest BCUT2D eigenvalue weighted by Crippen LogP contribution is -2.11. The Bertz CT molecular complexity index is 412. The molecule has 0 aliphatic rings. The number of benzene rings is 1. The fraction of sp³-hybridized carbons (Fsp3) is 0.125. The van der Waals surface area contributed by atoms with Gasteiger partial charge in [-0.05, 0) is 6.07 Å². The van der Waals surface area contributed by atoms with Crippen molar-refractivity contribution in [1.29, 1.82) is 0 Å². The van der Waals surface area contributed by atoms with E-state index < -0.39 is 17.7 Å². The van der Waals surface area contributed by atoms with Crippen LogP contribution in [0.1, 0.15) is 0 Å². The quantitative estimate of drug-likeness (QED) is 0.692. The molecule has 0 aliphatic heterocycles. The fourth-order valence-corrected chi connectivity index (χ4v) is 1.30. The Labute approximate surface area is 88.9 Å². The summed E-state index contributed by atoms with van der Waals surface area (Å²) in [4.78, 5) is 10.4. The third-order valence-corrected chi connectivity index (χ3v) is 1.95. The molecule has 0 aliphatic carbocycles. The summed E-state index contributed by atoms with van der Waals surface area (Å²) in [7, 11) is 1.32. The van der Waals surface area contributed by atoms with Gasteiger partial charge in [0, 0.05) is 7.05 Å². The molecule has 3 N–H and O–H groups in total. The topological polar surface area (TPSA) is 61.4 Å². The van der Waals surface area contributed by atoms with E-state index in [-0.39, 0.29) is 16.4 Å². The molecule has 0 aromatic heterocycles. The van der Waals surface area contributed by atoms with Gasteiger partial charge in [0.2, 0.25) is 0 Å². The number of hydrogen-bond acceptors (Lipinski definition) is 2. The SMILES string of the molecule is CNc1c(F)c(F)cc(Cl)c1NC(=O)O. The van der Waals surface area contributed by atoms with Crippen LogP contribution in [0.4, 0.5) is 25.0 Å². The summed E-state index contributed by atoms with van der Waals surface area (Å²) in [6.45, 7) is 0. The van der Waals surface area contributed by atoms with Gasteiger partial charge in [0.05, 0.1) is 16.4 Å². The highest BCUT2D eigenvalue weighted by Gasteiger charge is 2.18. The first-order valence-electron chi connectivity index (χ1n) is 3.82. The van der Waals surface area contributed by atoms with E-state index in [2.05, 4.69) is 5.32 Å². The number of nitrogens with one attached hydrogen (secondary N) is 2. The second-order valence-corrected chi connectivity index (χ2v) is 2.99. The largest absolute Gasteiger partial charge is 0.465 e. The molecule has 0 unspecified atom stereocenters. The first-order valence-corrected chi connectivity index (χ1v) is 4.20. The lowest BCUT2D eigenvalue weighted by atomic mass is 10.2. The Hall–Kier alpha value is -1.56. The number of anilines is 2. The molecule has 0 heterocycles. The van der Waals surface area contributed by atoms with Crippen molar-refractivity contribution in [3.05, 3.63) is 22.7 Å². The molecule has 7 heteroatoms. The van der Waals surface area contributed by atoms with Crippen LogP contribution in [0.25, 0.3) is 0 Å². The van der Waals surface area contributed by atoms with Gasteiger partial charge in [-0.15, -0.1) is 0 Å². The number of carboxylic acid groups (broad SMARTS) is 1. The second kappa shape index (κ2) is 4.31. The molecule has 0 saturated heterocycles. The van der Waals surface area contributed by atoms with Crippen molar-refractivity contribution < 1.29 is 18.7 Å². The van der Waals surface area contributed by atoms with Crippen LogP contribution >= 0.6 is 11.6 Å². The van der Waals surface area contributed by atoms with Gasteiger partial charge in [-0.25, -0.2) is 13.6 Å². The summed E-state index contributed by atoms with van der Waals surface area (Å²) in [5.41, 5.74) is -0.548. The standard InChI is InChI=1S/C8H7ClF2N2O2/c1-12-7-5(11)4(10)2-3(9)6(7)13-8(14)15/h2,12-13H,1H3,(H,14,15). The molecular weight excluding hydrogens is 230 g/mol. The molecule has 82 valence electrons. The fourth-order valence-electron chi connectivity index (χ4n) is 1.06. The zero-order valence-corrected chi connectivity index (χ0v) is 8.32. The maximum atomic E-state index is 13.2. The molecule has 1 amide bonds. The van der Waals surface area contributed by atoms with Crippen molar-refractivity contribution in [2.75, 3.05) is 17.7 Å². The smallest absolute Gasteiger partial charge is 0.409 e. The van der Waals surface area contributed by atoms with Crippen LogP contribution in [0.2, 0.25) is 5.02 Å². The van der Waals surface area contributed by atoms with Crippen LogP contribution < -0.4 is 10.6 Å². The van der Waals surface area contributed by atoms with E-state index in [1.54, 1.807) is 0 Å². The summed E-state index contributed by atoms with van der Waals surface area (Å²) in [5, 5.41) is 12.4. The normalized spacial score (nSPS) is 9.87. The Morgan fingerprint density at radius 2 is 2.07 bits per heavy atom. The number of halogens is 3.